The van der Waals surface area contributed by atoms with Gasteiger partial charge in [0.05, 0.1) is 18.5 Å². The summed E-state index contributed by atoms with van der Waals surface area (Å²) in [7, 11) is 1.66. The Morgan fingerprint density at radius 1 is 1.30 bits per heavy atom. The van der Waals surface area contributed by atoms with E-state index < -0.39 is 0 Å². The zero-order valence-electron chi connectivity index (χ0n) is 11.1. The van der Waals surface area contributed by atoms with Crippen molar-refractivity contribution in [3.63, 3.8) is 0 Å². The van der Waals surface area contributed by atoms with Gasteiger partial charge in [0.1, 0.15) is 11.6 Å². The molecular weight excluding hydrogens is 320 g/mol. The van der Waals surface area contributed by atoms with Crippen molar-refractivity contribution in [3.05, 3.63) is 40.3 Å². The van der Waals surface area contributed by atoms with E-state index in [1.165, 1.54) is 0 Å². The van der Waals surface area contributed by atoms with E-state index in [9.17, 15) is 0 Å². The number of ether oxygens (including phenoxy) is 1. The zero-order valence-corrected chi connectivity index (χ0v) is 12.7. The fourth-order valence-electron chi connectivity index (χ4n) is 2.29. The first kappa shape index (κ1) is 13.3. The molecule has 6 heteroatoms. The molecule has 1 aliphatic rings. The van der Waals surface area contributed by atoms with Gasteiger partial charge in [-0.15, -0.1) is 0 Å². The average Bonchev–Trinajstić information content (AvgIpc) is 2.47. The maximum absolute atomic E-state index is 5.36. The van der Waals surface area contributed by atoms with Crippen molar-refractivity contribution < 1.29 is 4.74 Å². The van der Waals surface area contributed by atoms with E-state index in [0.717, 1.165) is 48.0 Å². The molecule has 0 bridgehead atoms. The molecule has 0 saturated heterocycles. The van der Waals surface area contributed by atoms with E-state index in [2.05, 4.69) is 36.5 Å². The number of benzene rings is 1. The van der Waals surface area contributed by atoms with Gasteiger partial charge in [0.15, 0.2) is 4.73 Å². The molecule has 0 fully saturated rings. The fourth-order valence-corrected chi connectivity index (χ4v) is 2.68. The van der Waals surface area contributed by atoms with E-state index >= 15 is 0 Å². The van der Waals surface area contributed by atoms with Gasteiger partial charge in [-0.25, -0.2) is 9.97 Å². The van der Waals surface area contributed by atoms with E-state index in [0.29, 0.717) is 4.73 Å². The number of aromatic nitrogens is 2. The molecule has 0 saturated carbocycles. The Bertz CT molecular complexity index is 633. The van der Waals surface area contributed by atoms with Gasteiger partial charge < -0.3 is 15.4 Å². The van der Waals surface area contributed by atoms with Gasteiger partial charge in [-0.05, 0) is 28.1 Å². The molecule has 5 nitrogen and oxygen atoms in total. The minimum Gasteiger partial charge on any atom is -0.495 e. The smallest absolute Gasteiger partial charge is 0.198 e. The summed E-state index contributed by atoms with van der Waals surface area (Å²) in [5.41, 5.74) is 3.10. The lowest BCUT2D eigenvalue weighted by Crippen LogP contribution is -2.26. The largest absolute Gasteiger partial charge is 0.495 e. The highest BCUT2D eigenvalue weighted by Crippen LogP contribution is 2.30. The number of fused-ring (bicyclic) bond motifs is 1. The number of hydrogen-bond acceptors (Lipinski definition) is 5. The highest BCUT2D eigenvalue weighted by Gasteiger charge is 2.17. The van der Waals surface area contributed by atoms with E-state index in [4.69, 9.17) is 4.74 Å². The Morgan fingerprint density at radius 3 is 3.00 bits per heavy atom. The predicted octanol–water partition coefficient (Wildman–Crippen LogP) is 2.64. The Morgan fingerprint density at radius 2 is 2.15 bits per heavy atom. The van der Waals surface area contributed by atoms with Gasteiger partial charge in [0.2, 0.25) is 0 Å². The predicted molar refractivity (Wildman–Crippen MR) is 81.4 cm³/mol. The molecule has 1 aliphatic heterocycles. The molecule has 3 rings (SSSR count). The summed E-state index contributed by atoms with van der Waals surface area (Å²) in [6.45, 7) is 1.73. The van der Waals surface area contributed by atoms with Crippen LogP contribution in [-0.2, 0) is 13.0 Å². The average molecular weight is 335 g/mol. The highest BCUT2D eigenvalue weighted by molar-refractivity contribution is 9.10. The van der Waals surface area contributed by atoms with Crippen LogP contribution in [-0.4, -0.2) is 23.6 Å². The lowest BCUT2D eigenvalue weighted by atomic mass is 10.1. The molecule has 20 heavy (non-hydrogen) atoms. The number of anilines is 2. The summed E-state index contributed by atoms with van der Waals surface area (Å²) in [6, 6.07) is 7.80. The van der Waals surface area contributed by atoms with Crippen LogP contribution in [0.3, 0.4) is 0 Å². The van der Waals surface area contributed by atoms with E-state index in [1.54, 1.807) is 7.11 Å². The van der Waals surface area contributed by atoms with E-state index in [1.807, 2.05) is 24.3 Å². The number of nitrogens with zero attached hydrogens (tertiary/aromatic N) is 2. The quantitative estimate of drug-likeness (QED) is 0.845. The van der Waals surface area contributed by atoms with Crippen molar-refractivity contribution in [2.75, 3.05) is 19.0 Å². The molecule has 0 radical (unpaired) electrons. The number of nitrogens with one attached hydrogen (secondary N) is 2. The van der Waals surface area contributed by atoms with Crippen LogP contribution < -0.4 is 15.4 Å². The SMILES string of the molecule is COc1ccccc1Nc1nc(Br)nc2c1CNCC2. The van der Waals surface area contributed by atoms with Gasteiger partial charge in [-0.3, -0.25) is 0 Å². The van der Waals surface area contributed by atoms with Crippen LogP contribution in [0, 0.1) is 0 Å². The maximum Gasteiger partial charge on any atom is 0.198 e. The number of hydrogen-bond donors (Lipinski definition) is 2. The van der Waals surface area contributed by atoms with Crippen LogP contribution in [0.25, 0.3) is 0 Å². The molecule has 0 spiro atoms. The summed E-state index contributed by atoms with van der Waals surface area (Å²) in [5, 5.41) is 6.69. The molecule has 2 N–H and O–H groups in total. The summed E-state index contributed by atoms with van der Waals surface area (Å²) >= 11 is 3.38. The first-order valence-corrected chi connectivity index (χ1v) is 7.23. The minimum absolute atomic E-state index is 0.607. The molecule has 0 amide bonds. The molecule has 0 unspecified atom stereocenters. The van der Waals surface area contributed by atoms with Crippen LogP contribution in [0.4, 0.5) is 11.5 Å². The minimum atomic E-state index is 0.607. The first-order valence-electron chi connectivity index (χ1n) is 6.44. The molecule has 0 atom stereocenters. The Kier molecular flexibility index (Phi) is 3.84. The second-order valence-electron chi connectivity index (χ2n) is 4.52. The van der Waals surface area contributed by atoms with E-state index in [-0.39, 0.29) is 0 Å². The van der Waals surface area contributed by atoms with Gasteiger partial charge >= 0.3 is 0 Å². The highest BCUT2D eigenvalue weighted by atomic mass is 79.9. The van der Waals surface area contributed by atoms with Crippen molar-refractivity contribution in [2.45, 2.75) is 13.0 Å². The standard InChI is InChI=1S/C14H15BrN4O/c1-20-12-5-3-2-4-11(12)17-13-9-8-16-7-6-10(9)18-14(15)19-13/h2-5,16H,6-8H2,1H3,(H,17,18,19). The van der Waals surface area contributed by atoms with Crippen molar-refractivity contribution >= 4 is 27.4 Å². The van der Waals surface area contributed by atoms with Gasteiger partial charge in [0, 0.05) is 25.1 Å². The number of methoxy groups -OCH3 is 1. The molecule has 0 aliphatic carbocycles. The summed E-state index contributed by atoms with van der Waals surface area (Å²) in [6.07, 6.45) is 0.914. The third kappa shape index (κ3) is 2.62. The van der Waals surface area contributed by atoms with Crippen LogP contribution >= 0.6 is 15.9 Å². The molecule has 1 aromatic heterocycles. The summed E-state index contributed by atoms with van der Waals surface area (Å²) in [4.78, 5) is 8.91. The molecule has 104 valence electrons. The monoisotopic (exact) mass is 334 g/mol. The topological polar surface area (TPSA) is 59.1 Å². The van der Waals surface area contributed by atoms with Crippen LogP contribution in [0.15, 0.2) is 29.0 Å². The Labute approximate surface area is 125 Å². The zero-order chi connectivity index (χ0) is 13.9. The number of halogens is 1. The van der Waals surface area contributed by atoms with Gasteiger partial charge in [-0.2, -0.15) is 0 Å². The first-order chi connectivity index (χ1) is 9.78. The molecular formula is C14H15BrN4O. The molecule has 2 heterocycles. The second kappa shape index (κ2) is 5.76. The summed E-state index contributed by atoms with van der Waals surface area (Å²) in [5.74, 6) is 1.61. The van der Waals surface area contributed by atoms with Gasteiger partial charge in [0.25, 0.3) is 0 Å². The lowest BCUT2D eigenvalue weighted by molar-refractivity contribution is 0.417. The van der Waals surface area contributed by atoms with Crippen molar-refractivity contribution in [2.24, 2.45) is 0 Å². The normalized spacial score (nSPS) is 13.7. The van der Waals surface area contributed by atoms with Crippen LogP contribution in [0.2, 0.25) is 0 Å². The third-order valence-electron chi connectivity index (χ3n) is 3.27. The van der Waals surface area contributed by atoms with Crippen molar-refractivity contribution in [1.82, 2.24) is 15.3 Å². The molecule has 2 aromatic rings. The van der Waals surface area contributed by atoms with Gasteiger partial charge in [-0.1, -0.05) is 12.1 Å². The Balaban J connectivity index is 2.00. The second-order valence-corrected chi connectivity index (χ2v) is 5.23. The number of rotatable bonds is 3. The maximum atomic E-state index is 5.36. The lowest BCUT2D eigenvalue weighted by Gasteiger charge is -2.20. The Hall–Kier alpha value is -1.66. The van der Waals surface area contributed by atoms with Crippen molar-refractivity contribution in [1.29, 1.82) is 0 Å². The molecule has 1 aromatic carbocycles. The van der Waals surface area contributed by atoms with Crippen LogP contribution in [0.1, 0.15) is 11.3 Å². The summed E-state index contributed by atoms with van der Waals surface area (Å²) < 4.78 is 5.97. The number of para-hydroxylation sites is 2. The van der Waals surface area contributed by atoms with Crippen molar-refractivity contribution in [3.8, 4) is 5.75 Å². The fraction of sp³-hybridized carbons (Fsp3) is 0.286. The third-order valence-corrected chi connectivity index (χ3v) is 3.62. The van der Waals surface area contributed by atoms with Crippen LogP contribution in [0.5, 0.6) is 5.75 Å².